The molecule has 2 atom stereocenters. The number of likely N-dealkylation sites (tertiary alicyclic amines) is 2. The second-order valence-corrected chi connectivity index (χ2v) is 12.4. The van der Waals surface area contributed by atoms with Crippen LogP contribution >= 0.6 is 0 Å². The van der Waals surface area contributed by atoms with Gasteiger partial charge in [-0.25, -0.2) is 23.3 Å². The molecule has 13 heteroatoms. The summed E-state index contributed by atoms with van der Waals surface area (Å²) in [5.74, 6) is -0.402. The fourth-order valence-electron chi connectivity index (χ4n) is 4.57. The standard InChI is InChI=1S/C26H30N6O6S/c1-26(2,3)24(34)30-22-8-16(9-27)4-5-17(22)15-38-25(35)32-13-18-11-31(12-19(18)14-32)23(33)21-7-6-20(10-29-21)39(28,36)37/h4-8,10,18-19H,11-15H2,1-3H3,(H,30,34)(H2,28,36,37)/t18-,19-/m0/s1. The number of primary sulfonamides is 1. The highest BCUT2D eigenvalue weighted by Gasteiger charge is 2.44. The number of carbonyl (C=O) groups excluding carboxylic acids is 3. The first kappa shape index (κ1) is 28.0. The molecule has 0 spiro atoms. The quantitative estimate of drug-likeness (QED) is 0.563. The van der Waals surface area contributed by atoms with Gasteiger partial charge in [0.1, 0.15) is 17.2 Å². The smallest absolute Gasteiger partial charge is 0.410 e. The summed E-state index contributed by atoms with van der Waals surface area (Å²) >= 11 is 0. The maximum Gasteiger partial charge on any atom is 0.410 e. The summed E-state index contributed by atoms with van der Waals surface area (Å²) in [6.07, 6.45) is 0.561. The van der Waals surface area contributed by atoms with Crippen molar-refractivity contribution in [3.05, 3.63) is 53.3 Å². The van der Waals surface area contributed by atoms with Crippen molar-refractivity contribution in [1.29, 1.82) is 5.26 Å². The summed E-state index contributed by atoms with van der Waals surface area (Å²) < 4.78 is 28.4. The number of carbonyl (C=O) groups is 3. The summed E-state index contributed by atoms with van der Waals surface area (Å²) in [7, 11) is -3.90. The van der Waals surface area contributed by atoms with Crippen molar-refractivity contribution in [3.63, 3.8) is 0 Å². The number of hydrogen-bond acceptors (Lipinski definition) is 8. The molecule has 2 aromatic rings. The Balaban J connectivity index is 1.33. The molecule has 3 heterocycles. The number of aromatic nitrogens is 1. The molecule has 0 bridgehead atoms. The molecule has 0 radical (unpaired) electrons. The summed E-state index contributed by atoms with van der Waals surface area (Å²) in [6.45, 7) is 6.95. The zero-order chi connectivity index (χ0) is 28.5. The molecule has 0 aliphatic carbocycles. The van der Waals surface area contributed by atoms with Crippen molar-refractivity contribution in [2.75, 3.05) is 31.5 Å². The lowest BCUT2D eigenvalue weighted by atomic mass is 9.95. The fourth-order valence-corrected chi connectivity index (χ4v) is 5.03. The Hall–Kier alpha value is -4.02. The molecule has 0 unspecified atom stereocenters. The normalized spacial score (nSPS) is 18.8. The molecule has 12 nitrogen and oxygen atoms in total. The average molecular weight is 555 g/mol. The van der Waals surface area contributed by atoms with Crippen LogP contribution in [-0.4, -0.2) is 67.3 Å². The number of ether oxygens (including phenoxy) is 1. The second kappa shape index (κ2) is 10.6. The first-order valence-corrected chi connectivity index (χ1v) is 13.8. The Morgan fingerprint density at radius 1 is 1.10 bits per heavy atom. The van der Waals surface area contributed by atoms with Gasteiger partial charge in [0.15, 0.2) is 0 Å². The first-order chi connectivity index (χ1) is 18.3. The van der Waals surface area contributed by atoms with Gasteiger partial charge in [-0.05, 0) is 24.3 Å². The van der Waals surface area contributed by atoms with Crippen LogP contribution in [0, 0.1) is 28.6 Å². The van der Waals surface area contributed by atoms with Gasteiger partial charge in [-0.15, -0.1) is 0 Å². The minimum atomic E-state index is -3.90. The van der Waals surface area contributed by atoms with E-state index in [0.717, 1.165) is 6.20 Å². The highest BCUT2D eigenvalue weighted by molar-refractivity contribution is 7.89. The maximum absolute atomic E-state index is 12.9. The molecule has 3 N–H and O–H groups in total. The van der Waals surface area contributed by atoms with Crippen LogP contribution in [0.3, 0.4) is 0 Å². The van der Waals surface area contributed by atoms with Crippen LogP contribution in [-0.2, 0) is 26.2 Å². The van der Waals surface area contributed by atoms with Gasteiger partial charge in [0.25, 0.3) is 5.91 Å². The third-order valence-electron chi connectivity index (χ3n) is 6.84. The van der Waals surface area contributed by atoms with E-state index in [2.05, 4.69) is 10.3 Å². The van der Waals surface area contributed by atoms with Gasteiger partial charge in [0, 0.05) is 60.9 Å². The number of amides is 3. The third-order valence-corrected chi connectivity index (χ3v) is 7.73. The van der Waals surface area contributed by atoms with E-state index in [0.29, 0.717) is 43.0 Å². The van der Waals surface area contributed by atoms with E-state index in [-0.39, 0.29) is 40.8 Å². The predicted molar refractivity (Wildman–Crippen MR) is 139 cm³/mol. The number of nitrogens with zero attached hydrogens (tertiary/aromatic N) is 4. The number of nitrogens with one attached hydrogen (secondary N) is 1. The van der Waals surface area contributed by atoms with Crippen LogP contribution in [0.25, 0.3) is 0 Å². The number of rotatable bonds is 5. The Morgan fingerprint density at radius 2 is 1.74 bits per heavy atom. The molecule has 1 aromatic heterocycles. The number of nitrogens with two attached hydrogens (primary N) is 1. The summed E-state index contributed by atoms with van der Waals surface area (Å²) in [5.41, 5.74) is 0.827. The predicted octanol–water partition coefficient (Wildman–Crippen LogP) is 1.93. The zero-order valence-corrected chi connectivity index (χ0v) is 22.7. The van der Waals surface area contributed by atoms with E-state index >= 15 is 0 Å². The molecule has 2 saturated heterocycles. The van der Waals surface area contributed by atoms with E-state index in [1.54, 1.807) is 48.8 Å². The Kier molecular flexibility index (Phi) is 7.63. The first-order valence-electron chi connectivity index (χ1n) is 12.3. The molecule has 2 aliphatic heterocycles. The number of nitriles is 1. The van der Waals surface area contributed by atoms with Crippen LogP contribution in [0.4, 0.5) is 10.5 Å². The summed E-state index contributed by atoms with van der Waals surface area (Å²) in [5, 5.41) is 17.1. The maximum atomic E-state index is 12.9. The molecule has 2 aliphatic rings. The monoisotopic (exact) mass is 554 g/mol. The fraction of sp³-hybridized carbons (Fsp3) is 0.423. The summed E-state index contributed by atoms with van der Waals surface area (Å²) in [6, 6.07) is 9.42. The van der Waals surface area contributed by atoms with Crippen LogP contribution in [0.5, 0.6) is 0 Å². The molecular weight excluding hydrogens is 524 g/mol. The lowest BCUT2D eigenvalue weighted by molar-refractivity contribution is -0.123. The van der Waals surface area contributed by atoms with Crippen molar-refractivity contribution in [3.8, 4) is 6.07 Å². The van der Waals surface area contributed by atoms with Gasteiger partial charge in [0.05, 0.1) is 11.6 Å². The molecule has 206 valence electrons. The largest absolute Gasteiger partial charge is 0.444 e. The lowest BCUT2D eigenvalue weighted by Gasteiger charge is -2.22. The van der Waals surface area contributed by atoms with Crippen LogP contribution in [0.2, 0.25) is 0 Å². The van der Waals surface area contributed by atoms with Crippen LogP contribution < -0.4 is 10.5 Å². The Morgan fingerprint density at radius 3 is 2.28 bits per heavy atom. The highest BCUT2D eigenvalue weighted by Crippen LogP contribution is 2.32. The Labute approximate surface area is 226 Å². The third kappa shape index (κ3) is 6.35. The molecular formula is C26H30N6O6S. The van der Waals surface area contributed by atoms with E-state index < -0.39 is 21.5 Å². The minimum Gasteiger partial charge on any atom is -0.444 e. The van der Waals surface area contributed by atoms with E-state index in [9.17, 15) is 28.1 Å². The zero-order valence-electron chi connectivity index (χ0n) is 21.9. The Bertz CT molecular complexity index is 1430. The minimum absolute atomic E-state index is 0.0711. The number of hydrogen-bond donors (Lipinski definition) is 2. The lowest BCUT2D eigenvalue weighted by Crippen LogP contribution is -2.36. The average Bonchev–Trinajstić information content (AvgIpc) is 3.46. The molecule has 3 amide bonds. The van der Waals surface area contributed by atoms with Crippen molar-refractivity contribution in [1.82, 2.24) is 14.8 Å². The molecule has 0 saturated carbocycles. The van der Waals surface area contributed by atoms with Gasteiger partial charge < -0.3 is 19.9 Å². The van der Waals surface area contributed by atoms with E-state index in [4.69, 9.17) is 9.88 Å². The molecule has 2 fully saturated rings. The number of anilines is 1. The van der Waals surface area contributed by atoms with Crippen molar-refractivity contribution in [2.24, 2.45) is 22.4 Å². The molecule has 39 heavy (non-hydrogen) atoms. The van der Waals surface area contributed by atoms with Gasteiger partial charge in [-0.3, -0.25) is 9.59 Å². The van der Waals surface area contributed by atoms with Gasteiger partial charge >= 0.3 is 6.09 Å². The number of pyridine rings is 1. The second-order valence-electron chi connectivity index (χ2n) is 10.8. The van der Waals surface area contributed by atoms with Crippen molar-refractivity contribution < 1.29 is 27.5 Å². The number of sulfonamides is 1. The van der Waals surface area contributed by atoms with Crippen molar-refractivity contribution in [2.45, 2.75) is 32.3 Å². The summed E-state index contributed by atoms with van der Waals surface area (Å²) in [4.78, 5) is 45.2. The topological polar surface area (TPSA) is 176 Å². The van der Waals surface area contributed by atoms with E-state index in [1.165, 1.54) is 12.1 Å². The van der Waals surface area contributed by atoms with Crippen LogP contribution in [0.1, 0.15) is 42.4 Å². The number of fused-ring (bicyclic) bond motifs is 1. The van der Waals surface area contributed by atoms with Crippen molar-refractivity contribution >= 4 is 33.6 Å². The number of benzene rings is 1. The van der Waals surface area contributed by atoms with Gasteiger partial charge in [-0.2, -0.15) is 5.26 Å². The molecule has 4 rings (SSSR count). The molecule has 1 aromatic carbocycles. The van der Waals surface area contributed by atoms with Gasteiger partial charge in [0.2, 0.25) is 15.9 Å². The van der Waals surface area contributed by atoms with Crippen LogP contribution in [0.15, 0.2) is 41.4 Å². The van der Waals surface area contributed by atoms with Gasteiger partial charge in [-0.1, -0.05) is 26.8 Å². The highest BCUT2D eigenvalue weighted by atomic mass is 32.2. The SMILES string of the molecule is CC(C)(C)C(=O)Nc1cc(C#N)ccc1COC(=O)N1C[C@@H]2CN(C(=O)c3ccc(S(N)(=O)=O)cn3)C[C@H]2C1. The van der Waals surface area contributed by atoms with E-state index in [1.807, 2.05) is 6.07 Å².